The number of nitrogens with zero attached hydrogens (tertiary/aromatic N) is 2. The van der Waals surface area contributed by atoms with E-state index in [2.05, 4.69) is 10.7 Å². The lowest BCUT2D eigenvalue weighted by atomic mass is 9.75. The van der Waals surface area contributed by atoms with Crippen LogP contribution in [0.5, 0.6) is 0 Å². The number of hydrogen-bond acceptors (Lipinski definition) is 6. The van der Waals surface area contributed by atoms with Gasteiger partial charge in [-0.05, 0) is 50.7 Å². The van der Waals surface area contributed by atoms with E-state index in [0.717, 1.165) is 37.1 Å². The van der Waals surface area contributed by atoms with Gasteiger partial charge in [0.2, 0.25) is 0 Å². The number of amides is 1. The summed E-state index contributed by atoms with van der Waals surface area (Å²) < 4.78 is 26.0. The van der Waals surface area contributed by atoms with Gasteiger partial charge < -0.3 is 16.0 Å². The van der Waals surface area contributed by atoms with E-state index in [1.807, 2.05) is 36.2 Å². The first kappa shape index (κ1) is 26.3. The average Bonchev–Trinajstić information content (AvgIpc) is 3.07. The highest BCUT2D eigenvalue weighted by Crippen LogP contribution is 2.50. The Bertz CT molecular complexity index is 1220. The van der Waals surface area contributed by atoms with Gasteiger partial charge in [-0.15, -0.1) is 0 Å². The molecule has 0 bridgehead atoms. The van der Waals surface area contributed by atoms with Gasteiger partial charge in [-0.2, -0.15) is 13.8 Å². The Kier molecular flexibility index (Phi) is 7.51. The summed E-state index contributed by atoms with van der Waals surface area (Å²) in [6.45, 7) is 2.58. The summed E-state index contributed by atoms with van der Waals surface area (Å²) in [6, 6.07) is 12.0. The number of piperidine rings is 1. The molecule has 4 rings (SSSR count). The number of sulfonamides is 1. The number of nitrogens with one attached hydrogen (secondary N) is 2. The molecule has 2 aliphatic heterocycles. The van der Waals surface area contributed by atoms with Crippen molar-refractivity contribution in [3.8, 4) is 0 Å². The summed E-state index contributed by atoms with van der Waals surface area (Å²) in [6.07, 6.45) is 2.77. The molecule has 0 aromatic heterocycles. The molecule has 2 aromatic rings. The normalized spacial score (nSPS) is 22.2. The zero-order valence-corrected chi connectivity index (χ0v) is 22.3. The molecule has 2 aliphatic rings. The Hall–Kier alpha value is -1.72. The average molecular weight is 542 g/mol. The first-order valence-electron chi connectivity index (χ1n) is 11.6. The van der Waals surface area contributed by atoms with Crippen LogP contribution in [0.3, 0.4) is 0 Å². The molecular weight excluding hydrogens is 509 g/mol. The number of para-hydroxylation sites is 1. The van der Waals surface area contributed by atoms with Gasteiger partial charge in [-0.3, -0.25) is 4.79 Å². The van der Waals surface area contributed by atoms with E-state index in [1.54, 1.807) is 18.2 Å². The second kappa shape index (κ2) is 9.97. The van der Waals surface area contributed by atoms with E-state index < -0.39 is 26.0 Å². The number of benzene rings is 2. The van der Waals surface area contributed by atoms with Crippen LogP contribution in [0.2, 0.25) is 10.0 Å². The van der Waals surface area contributed by atoms with Gasteiger partial charge in [0.05, 0.1) is 21.7 Å². The van der Waals surface area contributed by atoms with Gasteiger partial charge in [0.15, 0.2) is 5.69 Å². The topological polar surface area (TPSA) is 105 Å². The van der Waals surface area contributed by atoms with Crippen molar-refractivity contribution >= 4 is 44.8 Å². The Morgan fingerprint density at radius 1 is 1.20 bits per heavy atom. The van der Waals surface area contributed by atoms with E-state index in [0.29, 0.717) is 22.3 Å². The number of fused-ring (bicyclic) bond motifs is 2. The van der Waals surface area contributed by atoms with Gasteiger partial charge in [-0.25, -0.2) is 0 Å². The molecule has 0 radical (unpaired) electrons. The van der Waals surface area contributed by atoms with Crippen LogP contribution in [0.15, 0.2) is 42.5 Å². The summed E-state index contributed by atoms with van der Waals surface area (Å²) >= 11 is 12.1. The van der Waals surface area contributed by atoms with E-state index >= 15 is 0 Å². The molecule has 0 saturated carbocycles. The molecule has 190 valence electrons. The molecule has 1 saturated heterocycles. The second-order valence-corrected chi connectivity index (χ2v) is 12.6. The number of carbonyl (C=O) groups is 1. The van der Waals surface area contributed by atoms with Crippen LogP contribution in [0, 0.1) is 0 Å². The molecule has 2 unspecified atom stereocenters. The van der Waals surface area contributed by atoms with Crippen LogP contribution >= 0.6 is 23.2 Å². The number of rotatable bonds is 7. The Morgan fingerprint density at radius 3 is 2.54 bits per heavy atom. The molecule has 1 fully saturated rings. The van der Waals surface area contributed by atoms with Crippen molar-refractivity contribution in [2.24, 2.45) is 5.73 Å². The molecule has 2 heterocycles. The summed E-state index contributed by atoms with van der Waals surface area (Å²) in [5.41, 5.74) is 11.3. The van der Waals surface area contributed by atoms with Crippen molar-refractivity contribution in [2.75, 3.05) is 39.5 Å². The smallest absolute Gasteiger partial charge is 0.319 e. The lowest BCUT2D eigenvalue weighted by Crippen LogP contribution is -2.68. The standard InChI is InChI=1S/C24H31Cl2N5O3S/c1-30(14-17-7-8-19(25)20(26)13-17)15-21(27)23(32)29-31(35(2,33)34)16-24(9-11-28-12-10-24)18-5-3-4-6-22(18)31/h3-8,13,21,28H,9-12,14-16,27H2,1-2H3/p+1. The molecule has 1 spiro atoms. The van der Waals surface area contributed by atoms with Gasteiger partial charge in [0.1, 0.15) is 12.6 Å². The highest BCUT2D eigenvalue weighted by Gasteiger charge is 2.60. The van der Waals surface area contributed by atoms with Crippen LogP contribution in [-0.4, -0.2) is 64.7 Å². The SMILES string of the molecule is CN(Cc1ccc(Cl)c(Cl)c1)CC(N)C(=O)N[N+]1(S(C)(=O)=O)CC2(CCNCC2)c2ccccc21. The van der Waals surface area contributed by atoms with Crippen molar-refractivity contribution in [3.05, 3.63) is 63.6 Å². The summed E-state index contributed by atoms with van der Waals surface area (Å²) in [5, 5.41) is 4.29. The monoisotopic (exact) mass is 540 g/mol. The first-order chi connectivity index (χ1) is 16.5. The third-order valence-corrected chi connectivity index (χ3v) is 9.38. The number of halogens is 2. The molecule has 2 atom stereocenters. The predicted octanol–water partition coefficient (Wildman–Crippen LogP) is 2.39. The van der Waals surface area contributed by atoms with Gasteiger partial charge in [-0.1, -0.05) is 51.5 Å². The maximum Gasteiger partial charge on any atom is 0.321 e. The number of carbonyl (C=O) groups excluding carboxylic acids is 1. The predicted molar refractivity (Wildman–Crippen MR) is 141 cm³/mol. The largest absolute Gasteiger partial charge is 0.321 e. The Labute approximate surface area is 217 Å². The zero-order chi connectivity index (χ0) is 25.4. The van der Waals surface area contributed by atoms with E-state index in [9.17, 15) is 13.2 Å². The van der Waals surface area contributed by atoms with Crippen molar-refractivity contribution in [3.63, 3.8) is 0 Å². The minimum absolute atomic E-state index is 0.229. The highest BCUT2D eigenvalue weighted by atomic mass is 35.5. The molecule has 35 heavy (non-hydrogen) atoms. The summed E-state index contributed by atoms with van der Waals surface area (Å²) in [7, 11) is -1.94. The fraction of sp³-hybridized carbons (Fsp3) is 0.458. The summed E-state index contributed by atoms with van der Waals surface area (Å²) in [5.74, 6) is -0.516. The van der Waals surface area contributed by atoms with Crippen LogP contribution in [0.25, 0.3) is 0 Å². The van der Waals surface area contributed by atoms with Gasteiger partial charge >= 0.3 is 10.0 Å². The molecule has 2 aromatic carbocycles. The second-order valence-electron chi connectivity index (χ2n) is 9.71. The lowest BCUT2D eigenvalue weighted by Gasteiger charge is -2.36. The molecule has 1 amide bonds. The minimum Gasteiger partial charge on any atom is -0.319 e. The minimum atomic E-state index is -3.78. The van der Waals surface area contributed by atoms with E-state index in [1.165, 1.54) is 6.26 Å². The maximum absolute atomic E-state index is 13.3. The molecule has 4 N–H and O–H groups in total. The van der Waals surface area contributed by atoms with Crippen LogP contribution < -0.4 is 20.5 Å². The first-order valence-corrected chi connectivity index (χ1v) is 14.2. The zero-order valence-electron chi connectivity index (χ0n) is 19.9. The molecular formula is C24H32Cl2N5O3S+. The number of hydrogen-bond donors (Lipinski definition) is 3. The third kappa shape index (κ3) is 5.09. The fourth-order valence-electron chi connectivity index (χ4n) is 5.34. The van der Waals surface area contributed by atoms with E-state index in [4.69, 9.17) is 28.9 Å². The Balaban J connectivity index is 1.55. The quantitative estimate of drug-likeness (QED) is 0.465. The van der Waals surface area contributed by atoms with Crippen LogP contribution in [0.4, 0.5) is 5.69 Å². The van der Waals surface area contributed by atoms with E-state index in [-0.39, 0.29) is 18.5 Å². The summed E-state index contributed by atoms with van der Waals surface area (Å²) in [4.78, 5) is 15.2. The number of quaternary nitrogens is 1. The lowest BCUT2D eigenvalue weighted by molar-refractivity contribution is -0.125. The maximum atomic E-state index is 13.3. The van der Waals surface area contributed by atoms with Gasteiger partial charge in [0.25, 0.3) is 5.91 Å². The van der Waals surface area contributed by atoms with Crippen LogP contribution in [0.1, 0.15) is 24.0 Å². The fourth-order valence-corrected chi connectivity index (χ4v) is 6.91. The van der Waals surface area contributed by atoms with Crippen LogP contribution in [-0.2, 0) is 26.8 Å². The molecule has 11 heteroatoms. The number of likely N-dealkylation sites (N-methyl/N-ethyl adjacent to an activating group) is 1. The van der Waals surface area contributed by atoms with Crippen molar-refractivity contribution in [1.29, 1.82) is 0 Å². The van der Waals surface area contributed by atoms with Crippen molar-refractivity contribution in [2.45, 2.75) is 30.8 Å². The highest BCUT2D eigenvalue weighted by molar-refractivity contribution is 7.90. The van der Waals surface area contributed by atoms with Gasteiger partial charge in [0, 0.05) is 24.7 Å². The Morgan fingerprint density at radius 2 is 1.89 bits per heavy atom. The molecule has 8 nitrogen and oxygen atoms in total. The van der Waals surface area contributed by atoms with Crippen molar-refractivity contribution in [1.82, 2.24) is 19.6 Å². The molecule has 0 aliphatic carbocycles. The number of nitrogens with two attached hydrogens (primary N) is 1. The third-order valence-electron chi connectivity index (χ3n) is 7.09. The van der Waals surface area contributed by atoms with Crippen molar-refractivity contribution < 1.29 is 13.2 Å².